The lowest BCUT2D eigenvalue weighted by Crippen LogP contribution is -2.11. The van der Waals surface area contributed by atoms with Gasteiger partial charge < -0.3 is 14.3 Å². The summed E-state index contributed by atoms with van der Waals surface area (Å²) < 4.78 is 24.1. The molecule has 0 saturated heterocycles. The molecule has 0 fully saturated rings. The molecule has 2 aromatic carbocycles. The lowest BCUT2D eigenvalue weighted by atomic mass is 10.1. The molecule has 1 N–H and O–H groups in total. The number of hydrogen-bond donors (Lipinski definition) is 1. The molecule has 4 rings (SSSR count). The van der Waals surface area contributed by atoms with Crippen LogP contribution in [0.2, 0.25) is 0 Å². The summed E-state index contributed by atoms with van der Waals surface area (Å²) in [5, 5.41) is 6.69. The van der Waals surface area contributed by atoms with Crippen molar-refractivity contribution in [1.29, 1.82) is 0 Å². The fraction of sp³-hybridized carbons (Fsp3) is 0. The third-order valence-corrected chi connectivity index (χ3v) is 4.16. The normalized spacial score (nSPS) is 10.7. The lowest BCUT2D eigenvalue weighted by molar-refractivity contribution is 0.0995. The maximum Gasteiger partial charge on any atom is 0.291 e. The van der Waals surface area contributed by atoms with Crippen molar-refractivity contribution in [2.75, 3.05) is 5.32 Å². The topological polar surface area (TPSA) is 81.2 Å². The summed E-state index contributed by atoms with van der Waals surface area (Å²) in [7, 11) is 0. The number of halogens is 2. The Labute approximate surface area is 161 Å². The summed E-state index contributed by atoms with van der Waals surface area (Å²) in [4.78, 5) is 16.7. The summed E-state index contributed by atoms with van der Waals surface area (Å²) in [5.41, 5.74) is 1.66. The SMILES string of the molecule is O=C(Nc1ccccc1-c1nc(-c2ccc(F)cc2)no1)c1ccc(Br)o1. The van der Waals surface area contributed by atoms with Crippen LogP contribution in [0.1, 0.15) is 10.6 Å². The maximum atomic E-state index is 13.1. The van der Waals surface area contributed by atoms with Crippen molar-refractivity contribution in [2.45, 2.75) is 0 Å². The van der Waals surface area contributed by atoms with Crippen molar-refractivity contribution < 1.29 is 18.1 Å². The fourth-order valence-corrected chi connectivity index (χ4v) is 2.75. The number of carbonyl (C=O) groups excluding carboxylic acids is 1. The Bertz CT molecular complexity index is 1110. The smallest absolute Gasteiger partial charge is 0.291 e. The molecule has 0 spiro atoms. The zero-order valence-corrected chi connectivity index (χ0v) is 15.2. The predicted molar refractivity (Wildman–Crippen MR) is 99.5 cm³/mol. The van der Waals surface area contributed by atoms with E-state index in [0.717, 1.165) is 0 Å². The highest BCUT2D eigenvalue weighted by Gasteiger charge is 2.17. The van der Waals surface area contributed by atoms with E-state index in [-0.39, 0.29) is 17.5 Å². The largest absolute Gasteiger partial charge is 0.444 e. The van der Waals surface area contributed by atoms with Crippen LogP contribution in [0.3, 0.4) is 0 Å². The quantitative estimate of drug-likeness (QED) is 0.486. The number of amides is 1. The van der Waals surface area contributed by atoms with Crippen molar-refractivity contribution in [2.24, 2.45) is 0 Å². The van der Waals surface area contributed by atoms with E-state index in [1.54, 1.807) is 48.5 Å². The Morgan fingerprint density at radius 3 is 2.56 bits per heavy atom. The Kier molecular flexibility index (Phi) is 4.55. The van der Waals surface area contributed by atoms with Gasteiger partial charge in [-0.1, -0.05) is 17.3 Å². The van der Waals surface area contributed by atoms with Crippen molar-refractivity contribution in [3.05, 3.63) is 76.9 Å². The molecule has 0 aliphatic carbocycles. The second kappa shape index (κ2) is 7.16. The van der Waals surface area contributed by atoms with E-state index in [2.05, 4.69) is 31.4 Å². The molecule has 0 aliphatic rings. The second-order valence-electron chi connectivity index (χ2n) is 5.53. The van der Waals surface area contributed by atoms with E-state index in [9.17, 15) is 9.18 Å². The summed E-state index contributed by atoms with van der Waals surface area (Å²) in [6.07, 6.45) is 0. The van der Waals surface area contributed by atoms with Gasteiger partial charge in [0.15, 0.2) is 10.4 Å². The van der Waals surface area contributed by atoms with E-state index < -0.39 is 5.91 Å². The van der Waals surface area contributed by atoms with Gasteiger partial charge in [0, 0.05) is 5.56 Å². The van der Waals surface area contributed by atoms with Gasteiger partial charge in [0.05, 0.1) is 11.3 Å². The van der Waals surface area contributed by atoms with Crippen LogP contribution < -0.4 is 5.32 Å². The molecule has 2 heterocycles. The van der Waals surface area contributed by atoms with Crippen LogP contribution in [-0.4, -0.2) is 16.0 Å². The molecule has 0 unspecified atom stereocenters. The van der Waals surface area contributed by atoms with E-state index in [1.807, 2.05) is 0 Å². The van der Waals surface area contributed by atoms with E-state index in [4.69, 9.17) is 8.94 Å². The first-order valence-electron chi connectivity index (χ1n) is 7.86. The molecule has 8 heteroatoms. The number of carbonyl (C=O) groups is 1. The Morgan fingerprint density at radius 1 is 1.04 bits per heavy atom. The van der Waals surface area contributed by atoms with Crippen LogP contribution in [-0.2, 0) is 0 Å². The van der Waals surface area contributed by atoms with Crippen molar-refractivity contribution in [3.63, 3.8) is 0 Å². The molecule has 0 aliphatic heterocycles. The van der Waals surface area contributed by atoms with Gasteiger partial charge in [-0.05, 0) is 64.5 Å². The maximum absolute atomic E-state index is 13.1. The third kappa shape index (κ3) is 3.65. The van der Waals surface area contributed by atoms with Gasteiger partial charge in [-0.2, -0.15) is 4.98 Å². The van der Waals surface area contributed by atoms with Crippen LogP contribution in [0, 0.1) is 5.82 Å². The van der Waals surface area contributed by atoms with Crippen molar-refractivity contribution in [3.8, 4) is 22.8 Å². The molecule has 0 bridgehead atoms. The molecule has 0 saturated carbocycles. The summed E-state index contributed by atoms with van der Waals surface area (Å²) in [5.74, 6) is -0.0485. The van der Waals surface area contributed by atoms with Gasteiger partial charge in [-0.25, -0.2) is 4.39 Å². The highest BCUT2D eigenvalue weighted by Crippen LogP contribution is 2.29. The average Bonchev–Trinajstić information content (AvgIpc) is 3.32. The van der Waals surface area contributed by atoms with E-state index in [1.165, 1.54) is 12.1 Å². The number of nitrogens with one attached hydrogen (secondary N) is 1. The van der Waals surface area contributed by atoms with Crippen LogP contribution in [0.4, 0.5) is 10.1 Å². The molecule has 1 amide bonds. The monoisotopic (exact) mass is 427 g/mol. The molecule has 6 nitrogen and oxygen atoms in total. The highest BCUT2D eigenvalue weighted by molar-refractivity contribution is 9.10. The Balaban J connectivity index is 1.63. The number of rotatable bonds is 4. The molecule has 0 radical (unpaired) electrons. The number of para-hydroxylation sites is 1. The summed E-state index contributed by atoms with van der Waals surface area (Å²) in [6, 6.07) is 16.0. The first-order valence-corrected chi connectivity index (χ1v) is 8.65. The summed E-state index contributed by atoms with van der Waals surface area (Å²) >= 11 is 3.16. The lowest BCUT2D eigenvalue weighted by Gasteiger charge is -2.06. The van der Waals surface area contributed by atoms with Gasteiger partial charge in [-0.3, -0.25) is 4.79 Å². The van der Waals surface area contributed by atoms with Crippen molar-refractivity contribution >= 4 is 27.5 Å². The number of aromatic nitrogens is 2. The van der Waals surface area contributed by atoms with Gasteiger partial charge >= 0.3 is 0 Å². The van der Waals surface area contributed by atoms with Crippen LogP contribution in [0.5, 0.6) is 0 Å². The number of nitrogens with zero attached hydrogens (tertiary/aromatic N) is 2. The van der Waals surface area contributed by atoms with Crippen molar-refractivity contribution in [1.82, 2.24) is 10.1 Å². The number of furan rings is 1. The average molecular weight is 428 g/mol. The van der Waals surface area contributed by atoms with Gasteiger partial charge in [0.1, 0.15) is 5.82 Å². The van der Waals surface area contributed by atoms with Crippen LogP contribution in [0.15, 0.2) is 74.3 Å². The first-order chi connectivity index (χ1) is 13.1. The molecule has 2 aromatic heterocycles. The number of benzene rings is 2. The third-order valence-electron chi connectivity index (χ3n) is 3.73. The van der Waals surface area contributed by atoms with Gasteiger partial charge in [0.25, 0.3) is 11.8 Å². The van der Waals surface area contributed by atoms with Gasteiger partial charge in [0.2, 0.25) is 5.82 Å². The fourth-order valence-electron chi connectivity index (χ4n) is 2.45. The minimum Gasteiger partial charge on any atom is -0.444 e. The van der Waals surface area contributed by atoms with Gasteiger partial charge in [-0.15, -0.1) is 0 Å². The second-order valence-corrected chi connectivity index (χ2v) is 6.32. The Morgan fingerprint density at radius 2 is 1.81 bits per heavy atom. The minimum atomic E-state index is -0.411. The molecule has 0 atom stereocenters. The zero-order valence-electron chi connectivity index (χ0n) is 13.6. The standard InChI is InChI=1S/C19H11BrFN3O3/c20-16-10-9-15(26-16)18(25)22-14-4-2-1-3-13(14)19-23-17(24-27-19)11-5-7-12(21)8-6-11/h1-10H,(H,22,25). The Hall–Kier alpha value is -3.26. The van der Waals surface area contributed by atoms with E-state index in [0.29, 0.717) is 27.3 Å². The molecule has 27 heavy (non-hydrogen) atoms. The molecule has 4 aromatic rings. The van der Waals surface area contributed by atoms with Crippen LogP contribution >= 0.6 is 15.9 Å². The summed E-state index contributed by atoms with van der Waals surface area (Å²) in [6.45, 7) is 0. The predicted octanol–water partition coefficient (Wildman–Crippen LogP) is 5.15. The molecular weight excluding hydrogens is 417 g/mol. The number of hydrogen-bond acceptors (Lipinski definition) is 5. The first kappa shape index (κ1) is 17.2. The molecule has 134 valence electrons. The highest BCUT2D eigenvalue weighted by atomic mass is 79.9. The number of anilines is 1. The zero-order chi connectivity index (χ0) is 18.8. The van der Waals surface area contributed by atoms with E-state index >= 15 is 0 Å². The minimum absolute atomic E-state index is 0.161. The molecular formula is C19H11BrFN3O3. The van der Waals surface area contributed by atoms with Crippen LogP contribution in [0.25, 0.3) is 22.8 Å².